The monoisotopic (exact) mass is 286 g/mol. The van der Waals surface area contributed by atoms with Crippen molar-refractivity contribution in [3.8, 4) is 0 Å². The lowest BCUT2D eigenvalue weighted by atomic mass is 9.96. The highest BCUT2D eigenvalue weighted by Gasteiger charge is 2.26. The molecule has 1 heterocycles. The molecule has 1 saturated heterocycles. The first kappa shape index (κ1) is 16.3. The molecule has 1 rings (SSSR count). The molecule has 1 aliphatic heterocycles. The SMILES string of the molecule is CC(CCC(=O)N1CC(C)C1)CC(S)CCC(N)=O. The topological polar surface area (TPSA) is 63.4 Å². The minimum Gasteiger partial charge on any atom is -0.370 e. The first-order chi connectivity index (χ1) is 8.88. The number of nitrogens with two attached hydrogens (primary N) is 1. The highest BCUT2D eigenvalue weighted by Crippen LogP contribution is 2.21. The van der Waals surface area contributed by atoms with Gasteiger partial charge in [0.2, 0.25) is 11.8 Å². The molecule has 2 amide bonds. The molecule has 2 unspecified atom stereocenters. The van der Waals surface area contributed by atoms with Crippen molar-refractivity contribution in [2.24, 2.45) is 17.6 Å². The Hall–Kier alpha value is -0.710. The largest absolute Gasteiger partial charge is 0.370 e. The summed E-state index contributed by atoms with van der Waals surface area (Å²) in [5.74, 6) is 1.13. The van der Waals surface area contributed by atoms with Crippen LogP contribution in [0.25, 0.3) is 0 Å². The van der Waals surface area contributed by atoms with E-state index < -0.39 is 0 Å². The normalized spacial score (nSPS) is 18.8. The summed E-state index contributed by atoms with van der Waals surface area (Å²) in [4.78, 5) is 24.4. The smallest absolute Gasteiger partial charge is 0.222 e. The maximum absolute atomic E-state index is 11.8. The molecule has 0 bridgehead atoms. The van der Waals surface area contributed by atoms with Crippen molar-refractivity contribution in [1.29, 1.82) is 0 Å². The van der Waals surface area contributed by atoms with Crippen molar-refractivity contribution in [2.45, 2.75) is 51.2 Å². The Morgan fingerprint density at radius 2 is 1.95 bits per heavy atom. The molecule has 0 saturated carbocycles. The van der Waals surface area contributed by atoms with Gasteiger partial charge in [-0.05, 0) is 31.1 Å². The second kappa shape index (κ2) is 7.78. The van der Waals surface area contributed by atoms with Crippen molar-refractivity contribution in [3.05, 3.63) is 0 Å². The Balaban J connectivity index is 2.11. The molecule has 0 aliphatic carbocycles. The van der Waals surface area contributed by atoms with E-state index in [1.165, 1.54) is 0 Å². The summed E-state index contributed by atoms with van der Waals surface area (Å²) in [6, 6.07) is 0. The van der Waals surface area contributed by atoms with E-state index in [1.54, 1.807) is 0 Å². The van der Waals surface area contributed by atoms with E-state index >= 15 is 0 Å². The fourth-order valence-corrected chi connectivity index (χ4v) is 2.93. The lowest BCUT2D eigenvalue weighted by Crippen LogP contribution is -2.48. The zero-order chi connectivity index (χ0) is 14.4. The number of likely N-dealkylation sites (tertiary alicyclic amines) is 1. The molecule has 0 aromatic carbocycles. The summed E-state index contributed by atoms with van der Waals surface area (Å²) in [5, 5.41) is 0.196. The van der Waals surface area contributed by atoms with Crippen molar-refractivity contribution >= 4 is 24.4 Å². The average molecular weight is 286 g/mol. The Morgan fingerprint density at radius 3 is 2.47 bits per heavy atom. The third-order valence-corrected chi connectivity index (χ3v) is 4.14. The maximum atomic E-state index is 11.8. The van der Waals surface area contributed by atoms with Gasteiger partial charge in [-0.1, -0.05) is 13.8 Å². The number of hydrogen-bond donors (Lipinski definition) is 2. The molecule has 19 heavy (non-hydrogen) atoms. The minimum atomic E-state index is -0.270. The van der Waals surface area contributed by atoms with Crippen LogP contribution in [0.1, 0.15) is 46.0 Å². The van der Waals surface area contributed by atoms with Crippen LogP contribution < -0.4 is 5.73 Å². The summed E-state index contributed by atoms with van der Waals surface area (Å²) in [6.45, 7) is 6.14. The van der Waals surface area contributed by atoms with E-state index in [2.05, 4.69) is 26.5 Å². The van der Waals surface area contributed by atoms with E-state index in [0.29, 0.717) is 24.7 Å². The van der Waals surface area contributed by atoms with E-state index in [9.17, 15) is 9.59 Å². The van der Waals surface area contributed by atoms with Crippen molar-refractivity contribution in [1.82, 2.24) is 4.90 Å². The summed E-state index contributed by atoms with van der Waals surface area (Å²) in [7, 11) is 0. The van der Waals surface area contributed by atoms with Gasteiger partial charge in [0.25, 0.3) is 0 Å². The van der Waals surface area contributed by atoms with E-state index in [0.717, 1.165) is 32.4 Å². The van der Waals surface area contributed by atoms with Crippen molar-refractivity contribution in [2.75, 3.05) is 13.1 Å². The molecule has 0 radical (unpaired) electrons. The Morgan fingerprint density at radius 1 is 1.32 bits per heavy atom. The molecule has 2 N–H and O–H groups in total. The fourth-order valence-electron chi connectivity index (χ4n) is 2.44. The number of amides is 2. The first-order valence-corrected chi connectivity index (χ1v) is 7.64. The van der Waals surface area contributed by atoms with E-state index in [1.807, 2.05) is 4.90 Å². The third-order valence-electron chi connectivity index (χ3n) is 3.67. The van der Waals surface area contributed by atoms with Gasteiger partial charge in [0.05, 0.1) is 0 Å². The lowest BCUT2D eigenvalue weighted by Gasteiger charge is -2.37. The second-order valence-electron chi connectivity index (χ2n) is 5.94. The van der Waals surface area contributed by atoms with Crippen LogP contribution in [-0.2, 0) is 9.59 Å². The Kier molecular flexibility index (Phi) is 6.69. The van der Waals surface area contributed by atoms with E-state index in [4.69, 9.17) is 5.73 Å². The van der Waals surface area contributed by atoms with Gasteiger partial charge in [-0.2, -0.15) is 12.6 Å². The first-order valence-electron chi connectivity index (χ1n) is 7.12. The second-order valence-corrected chi connectivity index (χ2v) is 6.67. The molecule has 1 aliphatic rings. The molecular formula is C14H26N2O2S. The Labute approximate surface area is 121 Å². The molecule has 0 aromatic heterocycles. The predicted molar refractivity (Wildman–Crippen MR) is 80.0 cm³/mol. The van der Waals surface area contributed by atoms with Crippen LogP contribution in [0.5, 0.6) is 0 Å². The molecular weight excluding hydrogens is 260 g/mol. The van der Waals surface area contributed by atoms with Crippen molar-refractivity contribution < 1.29 is 9.59 Å². The van der Waals surface area contributed by atoms with Crippen LogP contribution >= 0.6 is 12.6 Å². The van der Waals surface area contributed by atoms with Gasteiger partial charge in [0, 0.05) is 31.2 Å². The number of nitrogens with zero attached hydrogens (tertiary/aromatic N) is 1. The molecule has 0 spiro atoms. The van der Waals surface area contributed by atoms with Gasteiger partial charge in [0.1, 0.15) is 0 Å². The zero-order valence-corrected chi connectivity index (χ0v) is 12.9. The molecule has 5 heteroatoms. The van der Waals surface area contributed by atoms with Crippen LogP contribution in [-0.4, -0.2) is 35.1 Å². The quantitative estimate of drug-likeness (QED) is 0.669. The van der Waals surface area contributed by atoms with Crippen LogP contribution in [0.4, 0.5) is 0 Å². The Bertz CT molecular complexity index is 317. The zero-order valence-electron chi connectivity index (χ0n) is 12.0. The van der Waals surface area contributed by atoms with Crippen molar-refractivity contribution in [3.63, 3.8) is 0 Å². The summed E-state index contributed by atoms with van der Waals surface area (Å²) in [5.41, 5.74) is 5.11. The number of carbonyl (C=O) groups excluding carboxylic acids is 2. The van der Waals surface area contributed by atoms with Crippen LogP contribution in [0.3, 0.4) is 0 Å². The number of primary amides is 1. The fraction of sp³-hybridized carbons (Fsp3) is 0.857. The van der Waals surface area contributed by atoms with Crippen LogP contribution in [0.2, 0.25) is 0 Å². The lowest BCUT2D eigenvalue weighted by molar-refractivity contribution is -0.137. The van der Waals surface area contributed by atoms with Gasteiger partial charge >= 0.3 is 0 Å². The number of rotatable bonds is 8. The maximum Gasteiger partial charge on any atom is 0.222 e. The summed E-state index contributed by atoms with van der Waals surface area (Å²) < 4.78 is 0. The van der Waals surface area contributed by atoms with Gasteiger partial charge < -0.3 is 10.6 Å². The van der Waals surface area contributed by atoms with Gasteiger partial charge in [-0.15, -0.1) is 0 Å². The minimum absolute atomic E-state index is 0.196. The number of hydrogen-bond acceptors (Lipinski definition) is 3. The molecule has 4 nitrogen and oxygen atoms in total. The van der Waals surface area contributed by atoms with Gasteiger partial charge in [-0.25, -0.2) is 0 Å². The van der Waals surface area contributed by atoms with E-state index in [-0.39, 0.29) is 17.1 Å². The van der Waals surface area contributed by atoms with Crippen LogP contribution in [0, 0.1) is 11.8 Å². The van der Waals surface area contributed by atoms with Gasteiger partial charge in [-0.3, -0.25) is 9.59 Å². The highest BCUT2D eigenvalue weighted by molar-refractivity contribution is 7.80. The van der Waals surface area contributed by atoms with Gasteiger partial charge in [0.15, 0.2) is 0 Å². The summed E-state index contributed by atoms with van der Waals surface area (Å²) in [6.07, 6.45) is 3.58. The van der Waals surface area contributed by atoms with Crippen LogP contribution in [0.15, 0.2) is 0 Å². The average Bonchev–Trinajstić information content (AvgIpc) is 2.29. The standard InChI is InChI=1S/C14H26N2O2S/c1-10(7-12(19)4-5-13(15)17)3-6-14(18)16-8-11(2)9-16/h10-12,19H,3-9H2,1-2H3,(H2,15,17). The summed E-state index contributed by atoms with van der Waals surface area (Å²) >= 11 is 4.47. The highest BCUT2D eigenvalue weighted by atomic mass is 32.1. The third kappa shape index (κ3) is 6.32. The number of carbonyl (C=O) groups is 2. The molecule has 2 atom stereocenters. The molecule has 0 aromatic rings. The molecule has 110 valence electrons. The molecule has 1 fully saturated rings. The predicted octanol–water partition coefficient (Wildman–Crippen LogP) is 1.83. The number of thiol groups is 1.